The zero-order valence-electron chi connectivity index (χ0n) is 30.5. The molecule has 0 spiro atoms. The fourth-order valence-corrected chi connectivity index (χ4v) is 6.25. The molecule has 302 valence electrons. The molecule has 2 aliphatic rings. The van der Waals surface area contributed by atoms with Crippen molar-refractivity contribution >= 4 is 58.1 Å². The standard InChI is InChI=1S/C35H44F2N10O9/c36-35(37)16-23(17-38)47(22-35)30(51)18-42-34(56)25-6-7-41-33-24(25)2-1-3-26(33)43-28(49)5-4-27(48)39-8-9-40-29(50)19-44-10-12-45(20-31(52)53)14-15-46(13-11-44)21-32(54)55/h1-3,6-7,23H,4-5,8-16,18-22H2,(H,39,48)(H,40,50)(H,42,56)(H,43,49)(H,52,53)(H,54,55)/t23-/m0/s1. The van der Waals surface area contributed by atoms with Gasteiger partial charge >= 0.3 is 11.9 Å². The van der Waals surface area contributed by atoms with Crippen LogP contribution in [-0.4, -0.2) is 173 Å². The number of aromatic nitrogens is 1. The molecule has 21 heteroatoms. The van der Waals surface area contributed by atoms with Gasteiger partial charge in [-0.15, -0.1) is 0 Å². The number of carboxylic acids is 2. The number of likely N-dealkylation sites (tertiary alicyclic amines) is 1. The van der Waals surface area contributed by atoms with Gasteiger partial charge in [0.1, 0.15) is 6.04 Å². The normalized spacial score (nSPS) is 17.8. The minimum atomic E-state index is -3.20. The first-order valence-electron chi connectivity index (χ1n) is 17.8. The van der Waals surface area contributed by atoms with Gasteiger partial charge in [-0.3, -0.25) is 53.2 Å². The van der Waals surface area contributed by atoms with Crippen molar-refractivity contribution in [2.75, 3.05) is 90.4 Å². The summed E-state index contributed by atoms with van der Waals surface area (Å²) in [5.74, 6) is -8.07. The lowest BCUT2D eigenvalue weighted by atomic mass is 10.1. The Balaban J connectivity index is 1.20. The summed E-state index contributed by atoms with van der Waals surface area (Å²) in [5, 5.41) is 38.3. The number of carbonyl (C=O) groups is 7. The zero-order valence-corrected chi connectivity index (χ0v) is 30.5. The van der Waals surface area contributed by atoms with E-state index >= 15 is 0 Å². The first-order valence-corrected chi connectivity index (χ1v) is 17.8. The summed E-state index contributed by atoms with van der Waals surface area (Å²) in [7, 11) is 0. The molecule has 4 rings (SSSR count). The van der Waals surface area contributed by atoms with Crippen LogP contribution in [-0.2, 0) is 28.8 Å². The number of amides is 5. The van der Waals surface area contributed by atoms with Crippen molar-refractivity contribution in [1.82, 2.24) is 40.5 Å². The molecule has 2 saturated heterocycles. The van der Waals surface area contributed by atoms with Gasteiger partial charge in [0, 0.05) is 83.2 Å². The van der Waals surface area contributed by atoms with Gasteiger partial charge in [-0.25, -0.2) is 8.78 Å². The maximum absolute atomic E-state index is 13.8. The molecule has 6 N–H and O–H groups in total. The van der Waals surface area contributed by atoms with Crippen LogP contribution in [0.15, 0.2) is 30.5 Å². The van der Waals surface area contributed by atoms with Crippen molar-refractivity contribution in [3.63, 3.8) is 0 Å². The number of pyridine rings is 1. The van der Waals surface area contributed by atoms with Crippen molar-refractivity contribution in [3.05, 3.63) is 36.0 Å². The smallest absolute Gasteiger partial charge is 0.317 e. The number of hydrogen-bond acceptors (Lipinski definition) is 12. The molecule has 1 aromatic carbocycles. The van der Waals surface area contributed by atoms with E-state index < -0.39 is 67.0 Å². The molecule has 0 aliphatic carbocycles. The van der Waals surface area contributed by atoms with Crippen LogP contribution in [0.5, 0.6) is 0 Å². The van der Waals surface area contributed by atoms with Crippen LogP contribution in [0.4, 0.5) is 14.5 Å². The number of para-hydroxylation sites is 1. The molecule has 1 aromatic heterocycles. The van der Waals surface area contributed by atoms with Crippen LogP contribution < -0.4 is 21.3 Å². The highest BCUT2D eigenvalue weighted by Crippen LogP contribution is 2.31. The Kier molecular flexibility index (Phi) is 15.5. The van der Waals surface area contributed by atoms with Crippen molar-refractivity contribution in [2.45, 2.75) is 31.2 Å². The van der Waals surface area contributed by atoms with Gasteiger partial charge in [-0.2, -0.15) is 5.26 Å². The lowest BCUT2D eigenvalue weighted by Crippen LogP contribution is -2.44. The van der Waals surface area contributed by atoms with Gasteiger partial charge in [0.15, 0.2) is 0 Å². The monoisotopic (exact) mass is 786 g/mol. The second-order valence-electron chi connectivity index (χ2n) is 13.3. The molecular weight excluding hydrogens is 742 g/mol. The van der Waals surface area contributed by atoms with Gasteiger partial charge in [-0.1, -0.05) is 12.1 Å². The maximum Gasteiger partial charge on any atom is 0.317 e. The quantitative estimate of drug-likeness (QED) is 0.109. The maximum atomic E-state index is 13.8. The Hall–Kier alpha value is -5.85. The number of halogens is 2. The van der Waals surface area contributed by atoms with Gasteiger partial charge < -0.3 is 36.4 Å². The number of fused-ring (bicyclic) bond motifs is 1. The summed E-state index contributed by atoms with van der Waals surface area (Å²) in [6, 6.07) is 6.43. The summed E-state index contributed by atoms with van der Waals surface area (Å²) in [6.45, 7) is 0.497. The number of aliphatic carboxylic acids is 2. The Morgan fingerprint density at radius 3 is 1.96 bits per heavy atom. The molecule has 0 unspecified atom stereocenters. The number of anilines is 1. The van der Waals surface area contributed by atoms with Crippen molar-refractivity contribution < 1.29 is 52.6 Å². The van der Waals surface area contributed by atoms with Crippen LogP contribution in [0.2, 0.25) is 0 Å². The summed E-state index contributed by atoms with van der Waals surface area (Å²) in [6.07, 6.45) is 0.152. The van der Waals surface area contributed by atoms with Crippen molar-refractivity contribution in [2.24, 2.45) is 0 Å². The molecule has 0 radical (unpaired) electrons. The number of nitrogens with one attached hydrogen (secondary N) is 4. The third-order valence-corrected chi connectivity index (χ3v) is 9.06. The van der Waals surface area contributed by atoms with E-state index in [-0.39, 0.29) is 68.2 Å². The molecule has 19 nitrogen and oxygen atoms in total. The van der Waals surface area contributed by atoms with E-state index in [1.165, 1.54) is 12.3 Å². The number of nitrogens with zero attached hydrogens (tertiary/aromatic N) is 6. The van der Waals surface area contributed by atoms with E-state index in [0.717, 1.165) is 4.90 Å². The third-order valence-electron chi connectivity index (χ3n) is 9.06. The van der Waals surface area contributed by atoms with E-state index in [1.807, 2.05) is 0 Å². The van der Waals surface area contributed by atoms with E-state index in [1.54, 1.807) is 39.0 Å². The molecular formula is C35H44F2N10O9. The molecule has 3 heterocycles. The lowest BCUT2D eigenvalue weighted by molar-refractivity contribution is -0.140. The van der Waals surface area contributed by atoms with Crippen LogP contribution in [0.3, 0.4) is 0 Å². The number of carbonyl (C=O) groups excluding carboxylic acids is 5. The Morgan fingerprint density at radius 2 is 1.38 bits per heavy atom. The topological polar surface area (TPSA) is 258 Å². The second-order valence-corrected chi connectivity index (χ2v) is 13.3. The third kappa shape index (κ3) is 13.2. The number of rotatable bonds is 16. The van der Waals surface area contributed by atoms with E-state index in [4.69, 9.17) is 5.26 Å². The highest BCUT2D eigenvalue weighted by Gasteiger charge is 2.47. The second kappa shape index (κ2) is 20.2. The van der Waals surface area contributed by atoms with Gasteiger partial charge in [-0.05, 0) is 12.1 Å². The van der Waals surface area contributed by atoms with E-state index in [9.17, 15) is 52.6 Å². The molecule has 2 aromatic rings. The molecule has 5 amide bonds. The molecule has 0 bridgehead atoms. The fraction of sp³-hybridized carbons (Fsp3) is 0.514. The SMILES string of the molecule is N#C[C@@H]1CC(F)(F)CN1C(=O)CNC(=O)c1ccnc2c(NC(=O)CCC(=O)NCCNC(=O)CN3CCN(CC(=O)O)CCN(CC(=O)O)CC3)cccc12. The molecule has 0 saturated carbocycles. The molecule has 2 fully saturated rings. The number of alkyl halides is 2. The zero-order chi connectivity index (χ0) is 40.8. The van der Waals surface area contributed by atoms with Gasteiger partial charge in [0.2, 0.25) is 23.6 Å². The highest BCUT2D eigenvalue weighted by atomic mass is 19.3. The van der Waals surface area contributed by atoms with Crippen LogP contribution in [0.1, 0.15) is 29.6 Å². The van der Waals surface area contributed by atoms with Gasteiger partial charge in [0.05, 0.1) is 55.6 Å². The Labute approximate surface area is 319 Å². The number of carboxylic acid groups (broad SMARTS) is 2. The first kappa shape index (κ1) is 42.9. The fourth-order valence-electron chi connectivity index (χ4n) is 6.25. The van der Waals surface area contributed by atoms with E-state index in [0.29, 0.717) is 44.7 Å². The average molecular weight is 787 g/mol. The Bertz CT molecular complexity index is 1810. The van der Waals surface area contributed by atoms with Crippen LogP contribution >= 0.6 is 0 Å². The van der Waals surface area contributed by atoms with Crippen molar-refractivity contribution in [1.29, 1.82) is 5.26 Å². The lowest BCUT2D eigenvalue weighted by Gasteiger charge is -2.24. The predicted molar refractivity (Wildman–Crippen MR) is 193 cm³/mol. The summed E-state index contributed by atoms with van der Waals surface area (Å²) in [5.41, 5.74) is 0.582. The predicted octanol–water partition coefficient (Wildman–Crippen LogP) is -1.24. The number of nitriles is 1. The first-order chi connectivity index (χ1) is 26.6. The average Bonchev–Trinajstić information content (AvgIpc) is 3.51. The minimum absolute atomic E-state index is 0.0168. The highest BCUT2D eigenvalue weighted by molar-refractivity contribution is 6.10. The number of hydrogen-bond donors (Lipinski definition) is 6. The van der Waals surface area contributed by atoms with Crippen molar-refractivity contribution in [3.8, 4) is 6.07 Å². The summed E-state index contributed by atoms with van der Waals surface area (Å²) >= 11 is 0. The summed E-state index contributed by atoms with van der Waals surface area (Å²) < 4.78 is 27.5. The van der Waals surface area contributed by atoms with Gasteiger partial charge in [0.25, 0.3) is 11.8 Å². The minimum Gasteiger partial charge on any atom is -0.480 e. The summed E-state index contributed by atoms with van der Waals surface area (Å²) in [4.78, 5) is 96.0. The molecule has 1 atom stereocenters. The van der Waals surface area contributed by atoms with E-state index in [2.05, 4.69) is 26.3 Å². The molecule has 56 heavy (non-hydrogen) atoms. The van der Waals surface area contributed by atoms with Crippen LogP contribution in [0.25, 0.3) is 10.9 Å². The molecule has 2 aliphatic heterocycles. The van der Waals surface area contributed by atoms with Crippen LogP contribution in [0, 0.1) is 11.3 Å². The Morgan fingerprint density at radius 1 is 0.804 bits per heavy atom. The largest absolute Gasteiger partial charge is 0.480 e. The number of benzene rings is 1.